The highest BCUT2D eigenvalue weighted by atomic mass is 16.5. The van der Waals surface area contributed by atoms with E-state index in [9.17, 15) is 4.79 Å². The van der Waals surface area contributed by atoms with Gasteiger partial charge in [0.05, 0.1) is 12.6 Å². The Labute approximate surface area is 179 Å². The number of benzene rings is 2. The summed E-state index contributed by atoms with van der Waals surface area (Å²) >= 11 is 0. The van der Waals surface area contributed by atoms with Crippen molar-refractivity contribution in [3.05, 3.63) is 72.6 Å². The van der Waals surface area contributed by atoms with E-state index >= 15 is 0 Å². The number of rotatable bonds is 8. The summed E-state index contributed by atoms with van der Waals surface area (Å²) in [6.07, 6.45) is 3.43. The van der Waals surface area contributed by atoms with Gasteiger partial charge in [-0.1, -0.05) is 18.2 Å². The van der Waals surface area contributed by atoms with Crippen LogP contribution in [0.15, 0.2) is 67.0 Å². The summed E-state index contributed by atoms with van der Waals surface area (Å²) in [5.41, 5.74) is 7.84. The molecule has 0 atom stereocenters. The van der Waals surface area contributed by atoms with Crippen molar-refractivity contribution in [2.24, 2.45) is 5.73 Å². The van der Waals surface area contributed by atoms with Gasteiger partial charge >= 0.3 is 0 Å². The maximum atomic E-state index is 11.0. The number of hydrogen-bond acceptors (Lipinski definition) is 7. The lowest BCUT2D eigenvalue weighted by atomic mass is 10.1. The summed E-state index contributed by atoms with van der Waals surface area (Å²) in [5, 5.41) is 4.32. The number of carbonyl (C=O) groups is 1. The lowest BCUT2D eigenvalue weighted by molar-refractivity contribution is -0.119. The molecule has 2 heterocycles. The number of nitrogens with two attached hydrogens (primary N) is 1. The van der Waals surface area contributed by atoms with Crippen LogP contribution < -0.4 is 20.5 Å². The van der Waals surface area contributed by atoms with E-state index in [1.807, 2.05) is 48.5 Å². The van der Waals surface area contributed by atoms with Crippen molar-refractivity contribution >= 4 is 22.6 Å². The third-order valence-corrected chi connectivity index (χ3v) is 4.60. The van der Waals surface area contributed by atoms with Crippen LogP contribution in [0.1, 0.15) is 5.56 Å². The number of nitrogens with zero attached hydrogens (tertiary/aromatic N) is 3. The van der Waals surface area contributed by atoms with Crippen molar-refractivity contribution < 1.29 is 14.3 Å². The second-order valence-electron chi connectivity index (χ2n) is 6.74. The van der Waals surface area contributed by atoms with Gasteiger partial charge in [-0.15, -0.1) is 0 Å². The zero-order valence-electron chi connectivity index (χ0n) is 16.9. The highest BCUT2D eigenvalue weighted by molar-refractivity contribution is 5.90. The van der Waals surface area contributed by atoms with Crippen molar-refractivity contribution in [3.63, 3.8) is 0 Å². The second kappa shape index (κ2) is 9.08. The monoisotopic (exact) mass is 415 g/mol. The highest BCUT2D eigenvalue weighted by Crippen LogP contribution is 2.29. The minimum atomic E-state index is -0.548. The Hall–Kier alpha value is -4.20. The number of hydrogen-bond donors (Lipinski definition) is 2. The fraction of sp³-hybridized carbons (Fsp3) is 0.130. The lowest BCUT2D eigenvalue weighted by Gasteiger charge is -2.13. The molecule has 156 valence electrons. The van der Waals surface area contributed by atoms with Gasteiger partial charge in [-0.05, 0) is 42.0 Å². The molecule has 8 nitrogen and oxygen atoms in total. The van der Waals surface area contributed by atoms with Gasteiger partial charge in [-0.25, -0.2) is 9.97 Å². The van der Waals surface area contributed by atoms with E-state index in [1.54, 1.807) is 25.6 Å². The van der Waals surface area contributed by atoms with Crippen LogP contribution in [0.5, 0.6) is 11.5 Å². The smallest absolute Gasteiger partial charge is 0.255 e. The zero-order chi connectivity index (χ0) is 21.6. The minimum Gasteiger partial charge on any atom is -0.493 e. The molecule has 2 aromatic heterocycles. The van der Waals surface area contributed by atoms with Gasteiger partial charge in [-0.2, -0.15) is 0 Å². The van der Waals surface area contributed by atoms with Gasteiger partial charge in [0.2, 0.25) is 0 Å². The highest BCUT2D eigenvalue weighted by Gasteiger charge is 2.11. The largest absolute Gasteiger partial charge is 0.493 e. The maximum absolute atomic E-state index is 11.0. The van der Waals surface area contributed by atoms with Gasteiger partial charge in [0.25, 0.3) is 5.91 Å². The van der Waals surface area contributed by atoms with E-state index in [0.29, 0.717) is 23.9 Å². The van der Waals surface area contributed by atoms with E-state index in [2.05, 4.69) is 15.3 Å². The average molecular weight is 415 g/mol. The number of amides is 1. The third kappa shape index (κ3) is 4.69. The van der Waals surface area contributed by atoms with E-state index in [-0.39, 0.29) is 6.61 Å². The first-order valence-corrected chi connectivity index (χ1v) is 9.63. The SMILES string of the molecule is COc1cc(CNc2nc(-c3ccncc3)nc3ccccc23)ccc1OCC(N)=O. The molecule has 3 N–H and O–H groups in total. The Balaban J connectivity index is 1.61. The Morgan fingerprint density at radius 3 is 2.61 bits per heavy atom. The molecule has 0 fully saturated rings. The molecule has 4 rings (SSSR count). The van der Waals surface area contributed by atoms with Crippen molar-refractivity contribution in [2.75, 3.05) is 19.0 Å². The van der Waals surface area contributed by atoms with E-state index in [0.717, 1.165) is 27.8 Å². The van der Waals surface area contributed by atoms with Gasteiger partial charge < -0.3 is 20.5 Å². The number of anilines is 1. The first-order valence-electron chi connectivity index (χ1n) is 9.63. The van der Waals surface area contributed by atoms with Crippen LogP contribution in [0.2, 0.25) is 0 Å². The number of methoxy groups -OCH3 is 1. The van der Waals surface area contributed by atoms with E-state index < -0.39 is 5.91 Å². The molecule has 8 heteroatoms. The molecular formula is C23H21N5O3. The first-order chi connectivity index (χ1) is 15.1. The predicted octanol–water partition coefficient (Wildman–Crippen LogP) is 3.18. The molecule has 31 heavy (non-hydrogen) atoms. The lowest BCUT2D eigenvalue weighted by Crippen LogP contribution is -2.20. The van der Waals surface area contributed by atoms with Crippen molar-refractivity contribution in [2.45, 2.75) is 6.54 Å². The summed E-state index contributed by atoms with van der Waals surface area (Å²) in [7, 11) is 1.54. The molecule has 0 saturated heterocycles. The Morgan fingerprint density at radius 2 is 1.84 bits per heavy atom. The van der Waals surface area contributed by atoms with Crippen molar-refractivity contribution in [3.8, 4) is 22.9 Å². The van der Waals surface area contributed by atoms with Crippen LogP contribution in [0, 0.1) is 0 Å². The van der Waals surface area contributed by atoms with Crippen LogP contribution in [0.3, 0.4) is 0 Å². The van der Waals surface area contributed by atoms with Gasteiger partial charge in [0.15, 0.2) is 23.9 Å². The fourth-order valence-corrected chi connectivity index (χ4v) is 3.12. The Morgan fingerprint density at radius 1 is 1.03 bits per heavy atom. The number of carbonyl (C=O) groups excluding carboxylic acids is 1. The first kappa shape index (κ1) is 20.1. The van der Waals surface area contributed by atoms with Gasteiger partial charge in [0, 0.05) is 29.9 Å². The number of nitrogens with one attached hydrogen (secondary N) is 1. The van der Waals surface area contributed by atoms with Crippen LogP contribution in [0.4, 0.5) is 5.82 Å². The molecule has 0 saturated carbocycles. The number of pyridine rings is 1. The normalized spacial score (nSPS) is 10.6. The molecule has 0 aliphatic heterocycles. The van der Waals surface area contributed by atoms with Gasteiger partial charge in [0.1, 0.15) is 5.82 Å². The molecule has 2 aromatic carbocycles. The molecular weight excluding hydrogens is 394 g/mol. The molecule has 0 aliphatic carbocycles. The Kier molecular flexibility index (Phi) is 5.89. The molecule has 4 aromatic rings. The molecule has 0 aliphatic rings. The maximum Gasteiger partial charge on any atom is 0.255 e. The van der Waals surface area contributed by atoms with Crippen LogP contribution in [-0.4, -0.2) is 34.6 Å². The zero-order valence-corrected chi connectivity index (χ0v) is 16.9. The van der Waals surface area contributed by atoms with Crippen LogP contribution >= 0.6 is 0 Å². The third-order valence-electron chi connectivity index (χ3n) is 4.60. The van der Waals surface area contributed by atoms with Crippen LogP contribution in [0.25, 0.3) is 22.3 Å². The molecule has 0 spiro atoms. The number of ether oxygens (including phenoxy) is 2. The number of para-hydroxylation sites is 1. The summed E-state index contributed by atoms with van der Waals surface area (Å²) in [6, 6.07) is 17.1. The molecule has 0 unspecified atom stereocenters. The van der Waals surface area contributed by atoms with E-state index in [4.69, 9.17) is 20.2 Å². The fourth-order valence-electron chi connectivity index (χ4n) is 3.12. The summed E-state index contributed by atoms with van der Waals surface area (Å²) in [6.45, 7) is 0.294. The molecule has 0 bridgehead atoms. The van der Waals surface area contributed by atoms with Crippen molar-refractivity contribution in [1.29, 1.82) is 0 Å². The van der Waals surface area contributed by atoms with Crippen molar-refractivity contribution in [1.82, 2.24) is 15.0 Å². The topological polar surface area (TPSA) is 112 Å². The Bertz CT molecular complexity index is 1210. The van der Waals surface area contributed by atoms with Crippen LogP contribution in [-0.2, 0) is 11.3 Å². The summed E-state index contributed by atoms with van der Waals surface area (Å²) < 4.78 is 10.8. The summed E-state index contributed by atoms with van der Waals surface area (Å²) in [4.78, 5) is 24.4. The van der Waals surface area contributed by atoms with Gasteiger partial charge in [-0.3, -0.25) is 9.78 Å². The number of fused-ring (bicyclic) bond motifs is 1. The van der Waals surface area contributed by atoms with E-state index in [1.165, 1.54) is 0 Å². The molecule has 0 radical (unpaired) electrons. The number of aromatic nitrogens is 3. The predicted molar refractivity (Wildman–Crippen MR) is 118 cm³/mol. The standard InChI is InChI=1S/C23H21N5O3/c1-30-20-12-15(6-7-19(20)31-14-21(24)29)13-26-23-17-4-2-3-5-18(17)27-22(28-23)16-8-10-25-11-9-16/h2-12H,13-14H2,1H3,(H2,24,29)(H,26,27,28). The second-order valence-corrected chi connectivity index (χ2v) is 6.74. The quantitative estimate of drug-likeness (QED) is 0.454. The summed E-state index contributed by atoms with van der Waals surface area (Å²) in [5.74, 6) is 1.78. The minimum absolute atomic E-state index is 0.210. The number of primary amides is 1. The molecule has 1 amide bonds. The average Bonchev–Trinajstić information content (AvgIpc) is 2.81.